The van der Waals surface area contributed by atoms with Crippen LogP contribution < -0.4 is 16.8 Å². The van der Waals surface area contributed by atoms with E-state index < -0.39 is 0 Å². The highest BCUT2D eigenvalue weighted by Gasteiger charge is 2.20. The molecule has 3 aromatic rings. The molecular weight excluding hydrogens is 388 g/mol. The molecular formula is C24H28N6O. The van der Waals surface area contributed by atoms with Gasteiger partial charge in [0.1, 0.15) is 5.82 Å². The van der Waals surface area contributed by atoms with Crippen molar-refractivity contribution < 1.29 is 4.79 Å². The Morgan fingerprint density at radius 3 is 2.61 bits per heavy atom. The standard InChI is InChI=1S/C24H28N6O/c25-22-20-14-19(10-11-21(20)29-24(26)30-22)28-15-17-8-6-16(7-9-17)12-13-27-23(31)18-4-2-1-3-5-18/h6-11,14-15,18H,1-5,12-13H2,(H,27,31)(H4,25,26,29,30). The normalized spacial score (nSPS) is 14.8. The third-order valence-corrected chi connectivity index (χ3v) is 5.76. The molecule has 0 radical (unpaired) electrons. The number of nitrogens with one attached hydrogen (secondary N) is 1. The van der Waals surface area contributed by atoms with Crippen LogP contribution in [0.5, 0.6) is 0 Å². The second-order valence-corrected chi connectivity index (χ2v) is 8.04. The van der Waals surface area contributed by atoms with Crippen LogP contribution in [0.4, 0.5) is 17.5 Å². The molecule has 0 saturated heterocycles. The van der Waals surface area contributed by atoms with Gasteiger partial charge in [0.25, 0.3) is 0 Å². The van der Waals surface area contributed by atoms with Crippen molar-refractivity contribution in [2.75, 3.05) is 18.0 Å². The van der Waals surface area contributed by atoms with Gasteiger partial charge in [-0.3, -0.25) is 9.79 Å². The summed E-state index contributed by atoms with van der Waals surface area (Å²) < 4.78 is 0. The van der Waals surface area contributed by atoms with Crippen molar-refractivity contribution in [2.24, 2.45) is 10.9 Å². The van der Waals surface area contributed by atoms with Gasteiger partial charge in [-0.2, -0.15) is 4.98 Å². The van der Waals surface area contributed by atoms with Gasteiger partial charge in [0.15, 0.2) is 0 Å². The number of aromatic nitrogens is 2. The van der Waals surface area contributed by atoms with Gasteiger partial charge in [-0.15, -0.1) is 0 Å². The van der Waals surface area contributed by atoms with Crippen LogP contribution in [0.2, 0.25) is 0 Å². The highest BCUT2D eigenvalue weighted by molar-refractivity contribution is 5.92. The fourth-order valence-electron chi connectivity index (χ4n) is 4.00. The van der Waals surface area contributed by atoms with E-state index in [4.69, 9.17) is 11.5 Å². The van der Waals surface area contributed by atoms with E-state index in [0.717, 1.165) is 35.9 Å². The number of fused-ring (bicyclic) bond motifs is 1. The number of amides is 1. The molecule has 160 valence electrons. The molecule has 0 spiro atoms. The summed E-state index contributed by atoms with van der Waals surface area (Å²) in [4.78, 5) is 24.9. The maximum Gasteiger partial charge on any atom is 0.223 e. The molecule has 7 heteroatoms. The molecule has 0 atom stereocenters. The van der Waals surface area contributed by atoms with Gasteiger partial charge in [-0.1, -0.05) is 43.5 Å². The van der Waals surface area contributed by atoms with Crippen LogP contribution in [0.25, 0.3) is 10.9 Å². The molecule has 31 heavy (non-hydrogen) atoms. The fourth-order valence-corrected chi connectivity index (χ4v) is 4.00. The summed E-state index contributed by atoms with van der Waals surface area (Å²) in [6, 6.07) is 13.8. The van der Waals surface area contributed by atoms with E-state index in [1.54, 1.807) is 0 Å². The molecule has 1 amide bonds. The SMILES string of the molecule is Nc1nc(N)c2cc(N=Cc3ccc(CCNC(=O)C4CCCCC4)cc3)ccc2n1. The molecule has 0 aliphatic heterocycles. The molecule has 7 nitrogen and oxygen atoms in total. The number of hydrogen-bond donors (Lipinski definition) is 3. The number of aliphatic imine (C=N–C) groups is 1. The molecule has 5 N–H and O–H groups in total. The van der Waals surface area contributed by atoms with E-state index in [0.29, 0.717) is 17.9 Å². The highest BCUT2D eigenvalue weighted by atomic mass is 16.1. The van der Waals surface area contributed by atoms with E-state index in [2.05, 4.69) is 32.4 Å². The average Bonchev–Trinajstić information content (AvgIpc) is 2.79. The van der Waals surface area contributed by atoms with Crippen LogP contribution in [0, 0.1) is 5.92 Å². The lowest BCUT2D eigenvalue weighted by Gasteiger charge is -2.20. The van der Waals surface area contributed by atoms with Gasteiger partial charge in [0.05, 0.1) is 11.2 Å². The lowest BCUT2D eigenvalue weighted by atomic mass is 9.88. The van der Waals surface area contributed by atoms with Crippen molar-refractivity contribution in [2.45, 2.75) is 38.5 Å². The second kappa shape index (κ2) is 9.55. The van der Waals surface area contributed by atoms with Crippen LogP contribution in [0.3, 0.4) is 0 Å². The number of benzene rings is 2. The summed E-state index contributed by atoms with van der Waals surface area (Å²) in [6.45, 7) is 0.674. The summed E-state index contributed by atoms with van der Waals surface area (Å²) >= 11 is 0. The van der Waals surface area contributed by atoms with Gasteiger partial charge < -0.3 is 16.8 Å². The van der Waals surface area contributed by atoms with Crippen LogP contribution in [0.1, 0.15) is 43.2 Å². The maximum absolute atomic E-state index is 12.2. The molecule has 1 saturated carbocycles. The molecule has 1 heterocycles. The Hall–Kier alpha value is -3.48. The molecule has 1 fully saturated rings. The first kappa shape index (κ1) is 20.8. The van der Waals surface area contributed by atoms with Crippen molar-refractivity contribution in [3.05, 3.63) is 53.6 Å². The fraction of sp³-hybridized carbons (Fsp3) is 0.333. The van der Waals surface area contributed by atoms with Crippen molar-refractivity contribution in [3.63, 3.8) is 0 Å². The first-order valence-corrected chi connectivity index (χ1v) is 10.8. The number of rotatable bonds is 6. The monoisotopic (exact) mass is 416 g/mol. The third kappa shape index (κ3) is 5.36. The van der Waals surface area contributed by atoms with Crippen molar-refractivity contribution in [3.8, 4) is 0 Å². The van der Waals surface area contributed by atoms with Gasteiger partial charge >= 0.3 is 0 Å². The van der Waals surface area contributed by atoms with Crippen LogP contribution in [-0.4, -0.2) is 28.6 Å². The number of hydrogen-bond acceptors (Lipinski definition) is 6. The molecule has 0 unspecified atom stereocenters. The van der Waals surface area contributed by atoms with Crippen LogP contribution >= 0.6 is 0 Å². The lowest BCUT2D eigenvalue weighted by molar-refractivity contribution is -0.125. The number of nitrogen functional groups attached to an aromatic ring is 2. The maximum atomic E-state index is 12.2. The van der Waals surface area contributed by atoms with Gasteiger partial charge in [-0.25, -0.2) is 4.98 Å². The molecule has 4 rings (SSSR count). The summed E-state index contributed by atoms with van der Waals surface area (Å²) in [5.74, 6) is 0.934. The minimum absolute atomic E-state index is 0.162. The summed E-state index contributed by atoms with van der Waals surface area (Å²) in [7, 11) is 0. The second-order valence-electron chi connectivity index (χ2n) is 8.04. The summed E-state index contributed by atoms with van der Waals surface area (Å²) in [6.07, 6.45) is 8.31. The number of carbonyl (C=O) groups is 1. The Morgan fingerprint density at radius 1 is 1.06 bits per heavy atom. The first-order chi connectivity index (χ1) is 15.1. The van der Waals surface area contributed by atoms with Crippen molar-refractivity contribution in [1.29, 1.82) is 0 Å². The van der Waals surface area contributed by atoms with E-state index in [9.17, 15) is 4.79 Å². The molecule has 1 aromatic heterocycles. The Bertz CT molecular complexity index is 1090. The number of anilines is 2. The summed E-state index contributed by atoms with van der Waals surface area (Å²) in [5, 5.41) is 3.82. The Kier molecular flexibility index (Phi) is 6.40. The molecule has 1 aliphatic rings. The zero-order valence-electron chi connectivity index (χ0n) is 17.6. The third-order valence-electron chi connectivity index (χ3n) is 5.76. The largest absolute Gasteiger partial charge is 0.383 e. The van der Waals surface area contributed by atoms with E-state index in [1.807, 2.05) is 36.5 Å². The average molecular weight is 417 g/mol. The number of carbonyl (C=O) groups excluding carboxylic acids is 1. The Labute approximate surface area is 182 Å². The van der Waals surface area contributed by atoms with Crippen LogP contribution in [0.15, 0.2) is 47.5 Å². The van der Waals surface area contributed by atoms with Crippen molar-refractivity contribution in [1.82, 2.24) is 15.3 Å². The molecule has 0 bridgehead atoms. The predicted molar refractivity (Wildman–Crippen MR) is 125 cm³/mol. The van der Waals surface area contributed by atoms with E-state index in [-0.39, 0.29) is 17.8 Å². The van der Waals surface area contributed by atoms with Gasteiger partial charge in [0.2, 0.25) is 11.9 Å². The molecule has 2 aromatic carbocycles. The minimum atomic E-state index is 0.162. The zero-order chi connectivity index (χ0) is 21.6. The zero-order valence-corrected chi connectivity index (χ0v) is 17.6. The molecule has 1 aliphatic carbocycles. The number of nitrogens with two attached hydrogens (primary N) is 2. The first-order valence-electron chi connectivity index (χ1n) is 10.8. The van der Waals surface area contributed by atoms with E-state index >= 15 is 0 Å². The minimum Gasteiger partial charge on any atom is -0.383 e. The van der Waals surface area contributed by atoms with E-state index in [1.165, 1.54) is 24.8 Å². The lowest BCUT2D eigenvalue weighted by Crippen LogP contribution is -2.33. The van der Waals surface area contributed by atoms with Gasteiger partial charge in [-0.05, 0) is 48.6 Å². The Balaban J connectivity index is 1.32. The predicted octanol–water partition coefficient (Wildman–Crippen LogP) is 3.78. The summed E-state index contributed by atoms with van der Waals surface area (Å²) in [5.41, 5.74) is 15.2. The van der Waals surface area contributed by atoms with Crippen LogP contribution in [-0.2, 0) is 11.2 Å². The van der Waals surface area contributed by atoms with Gasteiger partial charge in [0, 0.05) is 24.1 Å². The highest BCUT2D eigenvalue weighted by Crippen LogP contribution is 2.25. The van der Waals surface area contributed by atoms with Crippen molar-refractivity contribution >= 4 is 40.5 Å². The topological polar surface area (TPSA) is 119 Å². The number of nitrogens with zero attached hydrogens (tertiary/aromatic N) is 3. The quantitative estimate of drug-likeness (QED) is 0.528. The Morgan fingerprint density at radius 2 is 1.84 bits per heavy atom. The smallest absolute Gasteiger partial charge is 0.223 e.